The summed E-state index contributed by atoms with van der Waals surface area (Å²) in [5.41, 5.74) is 2.60. The van der Waals surface area contributed by atoms with Gasteiger partial charge in [0.05, 0.1) is 18.8 Å². The summed E-state index contributed by atoms with van der Waals surface area (Å²) in [4.78, 5) is 17.9. The summed E-state index contributed by atoms with van der Waals surface area (Å²) in [7, 11) is 0. The number of pyridine rings is 1. The molecule has 1 aromatic carbocycles. The number of anilines is 2. The van der Waals surface area contributed by atoms with Crippen LogP contribution in [-0.4, -0.2) is 17.5 Å². The van der Waals surface area contributed by atoms with Gasteiger partial charge < -0.3 is 15.0 Å². The highest BCUT2D eigenvalue weighted by Gasteiger charge is 2.19. The van der Waals surface area contributed by atoms with Gasteiger partial charge in [0.1, 0.15) is 17.4 Å². The van der Waals surface area contributed by atoms with E-state index in [2.05, 4.69) is 17.2 Å². The van der Waals surface area contributed by atoms with Crippen LogP contribution in [0.4, 0.5) is 15.9 Å². The highest BCUT2D eigenvalue weighted by atomic mass is 19.1. The molecule has 1 aliphatic rings. The summed E-state index contributed by atoms with van der Waals surface area (Å²) in [6.07, 6.45) is 5.76. The smallest absolute Gasteiger partial charge is 0.222 e. The third-order valence-electron chi connectivity index (χ3n) is 4.07. The molecule has 136 valence electrons. The van der Waals surface area contributed by atoms with E-state index in [9.17, 15) is 9.18 Å². The molecule has 1 N–H and O–H groups in total. The SMILES string of the molecule is CCCCOc1cc(NC(C)=O)nc2c1CN(c1ccc(F)cc1)C=C2. The Morgan fingerprint density at radius 3 is 2.81 bits per heavy atom. The number of benzene rings is 1. The van der Waals surface area contributed by atoms with Crippen molar-refractivity contribution in [3.05, 3.63) is 53.6 Å². The number of unbranched alkanes of at least 4 members (excludes halogenated alkanes) is 1. The standard InChI is InChI=1S/C20H22FN3O2/c1-3-4-11-26-19-12-20(22-14(2)25)23-18-9-10-24(13-17(18)19)16-7-5-15(21)6-8-16/h5-10,12H,3-4,11,13H2,1-2H3,(H,22,23,25). The average molecular weight is 355 g/mol. The number of carbonyl (C=O) groups excluding carboxylic acids is 1. The first kappa shape index (κ1) is 17.9. The van der Waals surface area contributed by atoms with Crippen molar-refractivity contribution in [1.29, 1.82) is 0 Å². The maximum Gasteiger partial charge on any atom is 0.222 e. The number of fused-ring (bicyclic) bond motifs is 1. The van der Waals surface area contributed by atoms with E-state index < -0.39 is 0 Å². The average Bonchev–Trinajstić information content (AvgIpc) is 2.62. The lowest BCUT2D eigenvalue weighted by molar-refractivity contribution is -0.114. The van der Waals surface area contributed by atoms with E-state index in [1.807, 2.05) is 17.2 Å². The van der Waals surface area contributed by atoms with Crippen molar-refractivity contribution >= 4 is 23.5 Å². The van der Waals surface area contributed by atoms with Crippen molar-refractivity contribution in [2.24, 2.45) is 0 Å². The molecule has 6 heteroatoms. The first-order valence-electron chi connectivity index (χ1n) is 8.71. The maximum absolute atomic E-state index is 13.2. The normalized spacial score (nSPS) is 12.7. The zero-order valence-corrected chi connectivity index (χ0v) is 15.0. The van der Waals surface area contributed by atoms with E-state index in [-0.39, 0.29) is 11.7 Å². The number of hydrogen-bond acceptors (Lipinski definition) is 4. The molecule has 1 aliphatic heterocycles. The van der Waals surface area contributed by atoms with Gasteiger partial charge in [0.2, 0.25) is 5.91 Å². The molecule has 0 spiro atoms. The van der Waals surface area contributed by atoms with Gasteiger partial charge in [-0.3, -0.25) is 4.79 Å². The van der Waals surface area contributed by atoms with Gasteiger partial charge in [-0.05, 0) is 36.8 Å². The van der Waals surface area contributed by atoms with Gasteiger partial charge in [0.15, 0.2) is 0 Å². The minimum Gasteiger partial charge on any atom is -0.493 e. The first-order valence-corrected chi connectivity index (χ1v) is 8.71. The number of aromatic nitrogens is 1. The molecule has 1 amide bonds. The Bertz CT molecular complexity index is 819. The summed E-state index contributed by atoms with van der Waals surface area (Å²) in [5, 5.41) is 2.72. The second-order valence-corrected chi connectivity index (χ2v) is 6.17. The Morgan fingerprint density at radius 2 is 2.12 bits per heavy atom. The summed E-state index contributed by atoms with van der Waals surface area (Å²) < 4.78 is 19.1. The second-order valence-electron chi connectivity index (χ2n) is 6.17. The van der Waals surface area contributed by atoms with Gasteiger partial charge in [0, 0.05) is 30.4 Å². The summed E-state index contributed by atoms with van der Waals surface area (Å²) >= 11 is 0. The van der Waals surface area contributed by atoms with Crippen LogP contribution < -0.4 is 15.0 Å². The molecule has 0 saturated heterocycles. The van der Waals surface area contributed by atoms with Gasteiger partial charge >= 0.3 is 0 Å². The summed E-state index contributed by atoms with van der Waals surface area (Å²) in [6, 6.07) is 8.12. The van der Waals surface area contributed by atoms with Crippen LogP contribution in [0.1, 0.15) is 37.9 Å². The van der Waals surface area contributed by atoms with Gasteiger partial charge in [-0.2, -0.15) is 0 Å². The Hall–Kier alpha value is -2.89. The number of nitrogens with one attached hydrogen (secondary N) is 1. The predicted octanol–water partition coefficient (Wildman–Crippen LogP) is 4.35. The van der Waals surface area contributed by atoms with Crippen molar-refractivity contribution in [1.82, 2.24) is 4.98 Å². The Morgan fingerprint density at radius 1 is 1.35 bits per heavy atom. The Balaban J connectivity index is 1.91. The molecule has 0 fully saturated rings. The number of halogens is 1. The fourth-order valence-electron chi connectivity index (χ4n) is 2.76. The van der Waals surface area contributed by atoms with Crippen LogP contribution >= 0.6 is 0 Å². The molecule has 2 heterocycles. The van der Waals surface area contributed by atoms with Crippen LogP contribution in [0, 0.1) is 5.82 Å². The van der Waals surface area contributed by atoms with Crippen molar-refractivity contribution in [2.45, 2.75) is 33.2 Å². The number of hydrogen-bond donors (Lipinski definition) is 1. The summed E-state index contributed by atoms with van der Waals surface area (Å²) in [5.74, 6) is 0.747. The van der Waals surface area contributed by atoms with Gasteiger partial charge in [-0.1, -0.05) is 13.3 Å². The number of rotatable bonds is 6. The van der Waals surface area contributed by atoms with E-state index in [0.29, 0.717) is 24.7 Å². The highest BCUT2D eigenvalue weighted by Crippen LogP contribution is 2.32. The molecule has 1 aromatic heterocycles. The van der Waals surface area contributed by atoms with Crippen molar-refractivity contribution in [3.63, 3.8) is 0 Å². The maximum atomic E-state index is 13.2. The zero-order chi connectivity index (χ0) is 18.5. The van der Waals surface area contributed by atoms with Gasteiger partial charge in [-0.25, -0.2) is 9.37 Å². The number of nitrogens with zero attached hydrogens (tertiary/aromatic N) is 2. The van der Waals surface area contributed by atoms with E-state index in [0.717, 1.165) is 29.8 Å². The van der Waals surface area contributed by atoms with Crippen molar-refractivity contribution < 1.29 is 13.9 Å². The predicted molar refractivity (Wildman–Crippen MR) is 101 cm³/mol. The minimum absolute atomic E-state index is 0.176. The summed E-state index contributed by atoms with van der Waals surface area (Å²) in [6.45, 7) is 4.72. The van der Waals surface area contributed by atoms with Crippen molar-refractivity contribution in [3.8, 4) is 5.75 Å². The van der Waals surface area contributed by atoms with Gasteiger partial charge in [-0.15, -0.1) is 0 Å². The van der Waals surface area contributed by atoms with Gasteiger partial charge in [0.25, 0.3) is 0 Å². The molecule has 2 aromatic rings. The number of carbonyl (C=O) groups is 1. The molecule has 0 bridgehead atoms. The molecular weight excluding hydrogens is 333 g/mol. The Kier molecular flexibility index (Phi) is 5.51. The van der Waals surface area contributed by atoms with Crippen molar-refractivity contribution in [2.75, 3.05) is 16.8 Å². The topological polar surface area (TPSA) is 54.5 Å². The van der Waals surface area contributed by atoms with E-state index >= 15 is 0 Å². The number of amides is 1. The fraction of sp³-hybridized carbons (Fsp3) is 0.300. The molecule has 0 saturated carbocycles. The van der Waals surface area contributed by atoms with E-state index in [1.54, 1.807) is 18.2 Å². The molecular formula is C20H22FN3O2. The monoisotopic (exact) mass is 355 g/mol. The second kappa shape index (κ2) is 7.99. The van der Waals surface area contributed by atoms with Crippen LogP contribution in [0.5, 0.6) is 5.75 Å². The quantitative estimate of drug-likeness (QED) is 0.783. The Labute approximate surface area is 152 Å². The molecule has 3 rings (SSSR count). The lowest BCUT2D eigenvalue weighted by Gasteiger charge is -2.27. The van der Waals surface area contributed by atoms with Crippen LogP contribution in [0.3, 0.4) is 0 Å². The number of ether oxygens (including phenoxy) is 1. The van der Waals surface area contributed by atoms with Crippen LogP contribution in [0.25, 0.3) is 6.08 Å². The molecule has 0 atom stereocenters. The minimum atomic E-state index is -0.264. The lowest BCUT2D eigenvalue weighted by atomic mass is 10.1. The van der Waals surface area contributed by atoms with Crippen LogP contribution in [-0.2, 0) is 11.3 Å². The van der Waals surface area contributed by atoms with E-state index in [1.165, 1.54) is 19.1 Å². The largest absolute Gasteiger partial charge is 0.493 e. The zero-order valence-electron chi connectivity index (χ0n) is 15.0. The molecule has 5 nitrogen and oxygen atoms in total. The first-order chi connectivity index (χ1) is 12.6. The molecule has 0 radical (unpaired) electrons. The third kappa shape index (κ3) is 4.20. The third-order valence-corrected chi connectivity index (χ3v) is 4.07. The van der Waals surface area contributed by atoms with Crippen LogP contribution in [0.2, 0.25) is 0 Å². The van der Waals surface area contributed by atoms with Crippen LogP contribution in [0.15, 0.2) is 36.5 Å². The highest BCUT2D eigenvalue weighted by molar-refractivity contribution is 5.88. The van der Waals surface area contributed by atoms with E-state index in [4.69, 9.17) is 4.74 Å². The molecule has 26 heavy (non-hydrogen) atoms. The molecule has 0 unspecified atom stereocenters. The fourth-order valence-corrected chi connectivity index (χ4v) is 2.76. The molecule has 0 aliphatic carbocycles. The lowest BCUT2D eigenvalue weighted by Crippen LogP contribution is -2.21.